The Morgan fingerprint density at radius 3 is 2.53 bits per heavy atom. The first kappa shape index (κ1) is 12.0. The van der Waals surface area contributed by atoms with E-state index >= 15 is 0 Å². The van der Waals surface area contributed by atoms with E-state index in [4.69, 9.17) is 0 Å². The van der Waals surface area contributed by atoms with Gasteiger partial charge in [-0.3, -0.25) is 4.79 Å². The highest BCUT2D eigenvalue weighted by Crippen LogP contribution is 2.36. The number of H-pyrrole nitrogens is 1. The van der Waals surface area contributed by atoms with E-state index in [9.17, 15) is 4.79 Å². The Labute approximate surface area is 100 Å². The maximum atomic E-state index is 12.0. The highest BCUT2D eigenvalue weighted by molar-refractivity contribution is 5.90. The number of rotatable bonds is 4. The monoisotopic (exact) mass is 238 g/mol. The first-order chi connectivity index (χ1) is 8.05. The van der Waals surface area contributed by atoms with Crippen LogP contribution in [0.2, 0.25) is 0 Å². The van der Waals surface area contributed by atoms with Crippen LogP contribution in [0.5, 0.6) is 0 Å². The van der Waals surface area contributed by atoms with Crippen LogP contribution < -0.4 is 0 Å². The molecule has 2 rings (SSSR count). The quantitative estimate of drug-likeness (QED) is 0.783. The second-order valence-corrected chi connectivity index (χ2v) is 4.87. The third kappa shape index (κ3) is 2.14. The lowest BCUT2D eigenvalue weighted by Crippen LogP contribution is -2.57. The molecule has 1 aromatic rings. The molecule has 0 aliphatic heterocycles. The molecular weight excluding hydrogens is 220 g/mol. The minimum Gasteiger partial charge on any atom is -0.337 e. The summed E-state index contributed by atoms with van der Waals surface area (Å²) in [7, 11) is 5.90. The van der Waals surface area contributed by atoms with Crippen LogP contribution in [0.4, 0.5) is 0 Å². The number of amides is 1. The molecule has 94 valence electrons. The van der Waals surface area contributed by atoms with Gasteiger partial charge in [-0.05, 0) is 38.6 Å². The maximum absolute atomic E-state index is 12.0. The highest BCUT2D eigenvalue weighted by atomic mass is 16.2. The van der Waals surface area contributed by atoms with Gasteiger partial charge in [0.05, 0.1) is 0 Å². The summed E-state index contributed by atoms with van der Waals surface area (Å²) >= 11 is 0. The maximum Gasteiger partial charge on any atom is 0.295 e. The number of aromatic nitrogens is 4. The third-order valence-electron chi connectivity index (χ3n) is 3.65. The van der Waals surface area contributed by atoms with Gasteiger partial charge in [0, 0.05) is 19.1 Å². The van der Waals surface area contributed by atoms with Crippen molar-refractivity contribution in [3.63, 3.8) is 0 Å². The van der Waals surface area contributed by atoms with Crippen molar-refractivity contribution in [3.05, 3.63) is 5.82 Å². The Morgan fingerprint density at radius 1 is 1.41 bits per heavy atom. The van der Waals surface area contributed by atoms with Crippen LogP contribution in [-0.4, -0.2) is 69.6 Å². The van der Waals surface area contributed by atoms with E-state index in [0.717, 1.165) is 12.8 Å². The molecule has 0 atom stereocenters. The molecule has 1 N–H and O–H groups in total. The Balaban J connectivity index is 2.01. The Hall–Kier alpha value is -1.50. The molecule has 7 nitrogen and oxygen atoms in total. The molecule has 0 aromatic carbocycles. The van der Waals surface area contributed by atoms with Crippen LogP contribution in [-0.2, 0) is 0 Å². The first-order valence-corrected chi connectivity index (χ1v) is 5.71. The van der Waals surface area contributed by atoms with Gasteiger partial charge in [-0.1, -0.05) is 0 Å². The summed E-state index contributed by atoms with van der Waals surface area (Å²) in [4.78, 5) is 15.8. The zero-order chi connectivity index (χ0) is 12.5. The Bertz CT molecular complexity index is 384. The summed E-state index contributed by atoms with van der Waals surface area (Å²) in [5, 5.41) is 13.1. The van der Waals surface area contributed by atoms with E-state index in [0.29, 0.717) is 6.54 Å². The van der Waals surface area contributed by atoms with Gasteiger partial charge in [0.15, 0.2) is 0 Å². The third-order valence-corrected chi connectivity index (χ3v) is 3.65. The number of carbonyl (C=O) groups excluding carboxylic acids is 1. The molecule has 0 saturated heterocycles. The van der Waals surface area contributed by atoms with Crippen LogP contribution >= 0.6 is 0 Å². The lowest BCUT2D eigenvalue weighted by atomic mass is 9.75. The van der Waals surface area contributed by atoms with E-state index in [-0.39, 0.29) is 17.3 Å². The molecule has 1 aromatic heterocycles. The number of nitrogens with zero attached hydrogens (tertiary/aromatic N) is 5. The molecule has 0 radical (unpaired) electrons. The Kier molecular flexibility index (Phi) is 3.10. The van der Waals surface area contributed by atoms with Crippen LogP contribution in [0.25, 0.3) is 0 Å². The first-order valence-electron chi connectivity index (χ1n) is 5.71. The topological polar surface area (TPSA) is 78.0 Å². The van der Waals surface area contributed by atoms with E-state index < -0.39 is 0 Å². The molecule has 1 saturated carbocycles. The van der Waals surface area contributed by atoms with Crippen molar-refractivity contribution < 1.29 is 4.79 Å². The number of carbonyl (C=O) groups is 1. The van der Waals surface area contributed by atoms with Crippen molar-refractivity contribution in [2.75, 3.05) is 27.7 Å². The van der Waals surface area contributed by atoms with Gasteiger partial charge >= 0.3 is 0 Å². The van der Waals surface area contributed by atoms with Gasteiger partial charge in [-0.2, -0.15) is 5.21 Å². The average Bonchev–Trinajstić information content (AvgIpc) is 2.74. The minimum atomic E-state index is -0.188. The fourth-order valence-corrected chi connectivity index (χ4v) is 2.27. The fraction of sp³-hybridized carbons (Fsp3) is 0.800. The molecule has 7 heteroatoms. The van der Waals surface area contributed by atoms with Crippen molar-refractivity contribution in [1.82, 2.24) is 30.4 Å². The highest BCUT2D eigenvalue weighted by Gasteiger charge is 2.41. The van der Waals surface area contributed by atoms with Gasteiger partial charge in [0.25, 0.3) is 11.7 Å². The molecule has 0 bridgehead atoms. The van der Waals surface area contributed by atoms with Crippen LogP contribution in [0.15, 0.2) is 0 Å². The van der Waals surface area contributed by atoms with Crippen LogP contribution in [0, 0.1) is 0 Å². The van der Waals surface area contributed by atoms with Gasteiger partial charge in [0.1, 0.15) is 0 Å². The number of nitrogens with one attached hydrogen (secondary N) is 1. The number of aromatic amines is 1. The smallest absolute Gasteiger partial charge is 0.295 e. The number of likely N-dealkylation sites (N-methyl/N-ethyl adjacent to an activating group) is 2. The predicted octanol–water partition coefficient (Wildman–Crippen LogP) is -0.244. The Morgan fingerprint density at radius 2 is 2.12 bits per heavy atom. The number of hydrogen-bond acceptors (Lipinski definition) is 5. The second-order valence-electron chi connectivity index (χ2n) is 4.87. The average molecular weight is 238 g/mol. The van der Waals surface area contributed by atoms with Crippen molar-refractivity contribution >= 4 is 5.91 Å². The molecule has 1 fully saturated rings. The number of hydrogen-bond donors (Lipinski definition) is 1. The molecule has 1 heterocycles. The van der Waals surface area contributed by atoms with Gasteiger partial charge in [-0.15, -0.1) is 10.2 Å². The molecule has 0 unspecified atom stereocenters. The largest absolute Gasteiger partial charge is 0.337 e. The molecule has 1 aliphatic rings. The van der Waals surface area contributed by atoms with Crippen molar-refractivity contribution in [3.8, 4) is 0 Å². The summed E-state index contributed by atoms with van der Waals surface area (Å²) in [5.74, 6) is -0.0624. The lowest BCUT2D eigenvalue weighted by Gasteiger charge is -2.49. The van der Waals surface area contributed by atoms with Crippen molar-refractivity contribution in [1.29, 1.82) is 0 Å². The van der Waals surface area contributed by atoms with Crippen molar-refractivity contribution in [2.45, 2.75) is 24.8 Å². The summed E-state index contributed by atoms with van der Waals surface area (Å²) in [6.45, 7) is 0.702. The van der Waals surface area contributed by atoms with E-state index in [2.05, 4.69) is 39.6 Å². The second kappa shape index (κ2) is 4.40. The molecule has 17 heavy (non-hydrogen) atoms. The van der Waals surface area contributed by atoms with Crippen LogP contribution in [0.1, 0.15) is 29.9 Å². The zero-order valence-electron chi connectivity index (χ0n) is 10.5. The SMILES string of the molecule is CN(CC1(N(C)C)CCC1)C(=O)c1nn[nH]n1. The minimum absolute atomic E-state index is 0.119. The predicted molar refractivity (Wildman–Crippen MR) is 61.4 cm³/mol. The summed E-state index contributed by atoms with van der Waals surface area (Å²) in [6.07, 6.45) is 3.48. The van der Waals surface area contributed by atoms with E-state index in [1.165, 1.54) is 6.42 Å². The van der Waals surface area contributed by atoms with Gasteiger partial charge in [0.2, 0.25) is 0 Å². The standard InChI is InChI=1S/C10H18N6O/c1-15(2)10(5-4-6-10)7-16(3)9(17)8-11-13-14-12-8/h4-7H2,1-3H3,(H,11,12,13,14). The molecule has 0 spiro atoms. The van der Waals surface area contributed by atoms with Gasteiger partial charge in [-0.25, -0.2) is 0 Å². The number of tetrazole rings is 1. The normalized spacial score (nSPS) is 17.9. The fourth-order valence-electron chi connectivity index (χ4n) is 2.27. The van der Waals surface area contributed by atoms with Crippen LogP contribution in [0.3, 0.4) is 0 Å². The summed E-state index contributed by atoms with van der Waals surface area (Å²) in [5.41, 5.74) is 0.119. The summed E-state index contributed by atoms with van der Waals surface area (Å²) < 4.78 is 0. The van der Waals surface area contributed by atoms with E-state index in [1.54, 1.807) is 11.9 Å². The molecule has 1 aliphatic carbocycles. The molecule has 1 amide bonds. The molecular formula is C10H18N6O. The van der Waals surface area contributed by atoms with Crippen molar-refractivity contribution in [2.24, 2.45) is 0 Å². The lowest BCUT2D eigenvalue weighted by molar-refractivity contribution is 0.0247. The summed E-state index contributed by atoms with van der Waals surface area (Å²) in [6, 6.07) is 0. The zero-order valence-corrected chi connectivity index (χ0v) is 10.5. The van der Waals surface area contributed by atoms with E-state index in [1.807, 2.05) is 0 Å². The van der Waals surface area contributed by atoms with Gasteiger partial charge < -0.3 is 9.80 Å².